The lowest BCUT2D eigenvalue weighted by atomic mass is 10.0. The predicted octanol–water partition coefficient (Wildman–Crippen LogP) is 2.42. The van der Waals surface area contributed by atoms with Gasteiger partial charge in [0.1, 0.15) is 10.6 Å². The molecule has 25 heavy (non-hydrogen) atoms. The summed E-state index contributed by atoms with van der Waals surface area (Å²) in [6.07, 6.45) is 0.820. The molecule has 1 aromatic heterocycles. The maximum atomic E-state index is 13.0. The minimum Gasteiger partial charge on any atom is -0.495 e. The van der Waals surface area contributed by atoms with E-state index in [-0.39, 0.29) is 22.6 Å². The topological polar surface area (TPSA) is 75.7 Å². The van der Waals surface area contributed by atoms with Crippen LogP contribution in [0.1, 0.15) is 33.8 Å². The van der Waals surface area contributed by atoms with Crippen molar-refractivity contribution in [3.8, 4) is 5.75 Å². The van der Waals surface area contributed by atoms with Crippen LogP contribution in [-0.2, 0) is 16.4 Å². The maximum Gasteiger partial charge on any atom is 0.254 e. The Kier molecular flexibility index (Phi) is 4.86. The molecule has 0 aliphatic carbocycles. The van der Waals surface area contributed by atoms with Crippen LogP contribution in [0.15, 0.2) is 34.5 Å². The Hall–Kier alpha value is -1.90. The third-order valence-electron chi connectivity index (χ3n) is 4.51. The number of methoxy groups -OCH3 is 1. The highest BCUT2D eigenvalue weighted by molar-refractivity contribution is 7.89. The first kappa shape index (κ1) is 17.9. The third-order valence-corrected chi connectivity index (χ3v) is 6.94. The fourth-order valence-corrected chi connectivity index (χ4v) is 4.96. The summed E-state index contributed by atoms with van der Waals surface area (Å²) in [5, 5.41) is 2.04. The summed E-state index contributed by atoms with van der Waals surface area (Å²) in [5.74, 6) is 0.0252. The molecule has 134 valence electrons. The molecule has 0 saturated carbocycles. The smallest absolute Gasteiger partial charge is 0.254 e. The molecule has 8 heteroatoms. The van der Waals surface area contributed by atoms with Crippen LogP contribution in [0.2, 0.25) is 0 Å². The molecule has 6 nitrogen and oxygen atoms in total. The first-order chi connectivity index (χ1) is 11.9. The first-order valence-electron chi connectivity index (χ1n) is 7.88. The van der Waals surface area contributed by atoms with E-state index in [9.17, 15) is 13.2 Å². The zero-order chi connectivity index (χ0) is 18.2. The molecule has 1 unspecified atom stereocenters. The molecule has 3 rings (SSSR count). The van der Waals surface area contributed by atoms with Gasteiger partial charge in [-0.1, -0.05) is 0 Å². The Labute approximate surface area is 151 Å². The lowest BCUT2D eigenvalue weighted by molar-refractivity contribution is 0.0679. The molecule has 0 saturated heterocycles. The van der Waals surface area contributed by atoms with E-state index in [0.29, 0.717) is 12.1 Å². The Morgan fingerprint density at radius 1 is 1.36 bits per heavy atom. The Morgan fingerprint density at radius 3 is 2.80 bits per heavy atom. The molecule has 2 aromatic rings. The zero-order valence-corrected chi connectivity index (χ0v) is 15.9. The van der Waals surface area contributed by atoms with Gasteiger partial charge >= 0.3 is 0 Å². The van der Waals surface area contributed by atoms with Crippen molar-refractivity contribution in [1.29, 1.82) is 0 Å². The number of amides is 1. The monoisotopic (exact) mass is 380 g/mol. The first-order valence-corrected chi connectivity index (χ1v) is 10.2. The van der Waals surface area contributed by atoms with Gasteiger partial charge in [0.25, 0.3) is 5.91 Å². The number of nitrogens with zero attached hydrogens (tertiary/aromatic N) is 1. The number of nitrogens with one attached hydrogen (secondary N) is 1. The molecule has 0 fully saturated rings. The highest BCUT2D eigenvalue weighted by Gasteiger charge is 2.30. The van der Waals surface area contributed by atoms with Crippen molar-refractivity contribution in [2.24, 2.45) is 0 Å². The molecule has 1 aliphatic heterocycles. The van der Waals surface area contributed by atoms with Gasteiger partial charge in [0, 0.05) is 17.0 Å². The van der Waals surface area contributed by atoms with Gasteiger partial charge in [-0.2, -0.15) is 0 Å². The normalized spacial score (nSPS) is 17.2. The molecule has 1 aromatic carbocycles. The number of ether oxygens (including phenoxy) is 1. The van der Waals surface area contributed by atoms with Crippen molar-refractivity contribution in [3.05, 3.63) is 45.6 Å². The van der Waals surface area contributed by atoms with E-state index in [1.807, 2.05) is 12.3 Å². The number of carbonyl (C=O) groups excluding carboxylic acids is 1. The van der Waals surface area contributed by atoms with Crippen molar-refractivity contribution in [2.45, 2.75) is 24.3 Å². The summed E-state index contributed by atoms with van der Waals surface area (Å²) in [4.78, 5) is 16.0. The van der Waals surface area contributed by atoms with Crippen LogP contribution in [0.5, 0.6) is 5.75 Å². The molecule has 1 amide bonds. The van der Waals surface area contributed by atoms with E-state index < -0.39 is 10.0 Å². The van der Waals surface area contributed by atoms with Gasteiger partial charge in [0.2, 0.25) is 10.0 Å². The van der Waals surface area contributed by atoms with E-state index >= 15 is 0 Å². The lowest BCUT2D eigenvalue weighted by Gasteiger charge is -2.33. The van der Waals surface area contributed by atoms with Crippen LogP contribution >= 0.6 is 11.3 Å². The van der Waals surface area contributed by atoms with Gasteiger partial charge in [-0.05, 0) is 55.6 Å². The van der Waals surface area contributed by atoms with Gasteiger partial charge in [-0.3, -0.25) is 4.79 Å². The Morgan fingerprint density at radius 2 is 2.12 bits per heavy atom. The van der Waals surface area contributed by atoms with E-state index in [4.69, 9.17) is 4.74 Å². The molecule has 0 spiro atoms. The molecule has 2 heterocycles. The highest BCUT2D eigenvalue weighted by Crippen LogP contribution is 2.34. The van der Waals surface area contributed by atoms with E-state index in [0.717, 1.165) is 6.42 Å². The summed E-state index contributed by atoms with van der Waals surface area (Å²) < 4.78 is 31.8. The second kappa shape index (κ2) is 6.78. The van der Waals surface area contributed by atoms with Crippen molar-refractivity contribution >= 4 is 27.3 Å². The van der Waals surface area contributed by atoms with E-state index in [1.165, 1.54) is 36.7 Å². The number of carbonyl (C=O) groups is 1. The fraction of sp³-hybridized carbons (Fsp3) is 0.353. The molecule has 0 radical (unpaired) electrons. The standard InChI is InChI=1S/C17H20N2O4S2/c1-11-13-7-9-24-15(13)6-8-19(11)17(20)12-4-5-14(23-3)16(10-12)25(21,22)18-2/h4-5,7,9-11,18H,6,8H2,1-3H3. The van der Waals surface area contributed by atoms with Crippen LogP contribution in [0.3, 0.4) is 0 Å². The fourth-order valence-electron chi connectivity index (χ4n) is 3.08. The quantitative estimate of drug-likeness (QED) is 0.884. The number of sulfonamides is 1. The number of thiophene rings is 1. The van der Waals surface area contributed by atoms with Crippen LogP contribution in [0.4, 0.5) is 0 Å². The van der Waals surface area contributed by atoms with Crippen molar-refractivity contribution in [3.63, 3.8) is 0 Å². The molecular weight excluding hydrogens is 360 g/mol. The van der Waals surface area contributed by atoms with Gasteiger partial charge < -0.3 is 9.64 Å². The lowest BCUT2D eigenvalue weighted by Crippen LogP contribution is -2.38. The van der Waals surface area contributed by atoms with Gasteiger partial charge in [-0.15, -0.1) is 11.3 Å². The Balaban J connectivity index is 1.97. The van der Waals surface area contributed by atoms with Crippen molar-refractivity contribution in [2.75, 3.05) is 20.7 Å². The number of hydrogen-bond acceptors (Lipinski definition) is 5. The summed E-state index contributed by atoms with van der Waals surface area (Å²) in [7, 11) is -0.998. The van der Waals surface area contributed by atoms with Crippen molar-refractivity contribution in [1.82, 2.24) is 9.62 Å². The molecule has 0 bridgehead atoms. The zero-order valence-electron chi connectivity index (χ0n) is 14.3. The average Bonchev–Trinajstić information content (AvgIpc) is 3.10. The summed E-state index contributed by atoms with van der Waals surface area (Å²) in [6, 6.07) is 6.51. The molecular formula is C17H20N2O4S2. The third kappa shape index (κ3) is 3.17. The maximum absolute atomic E-state index is 13.0. The average molecular weight is 380 g/mol. The van der Waals surface area contributed by atoms with Gasteiger partial charge in [0.05, 0.1) is 13.2 Å². The summed E-state index contributed by atoms with van der Waals surface area (Å²) >= 11 is 1.71. The second-order valence-electron chi connectivity index (χ2n) is 5.80. The van der Waals surface area contributed by atoms with Crippen molar-refractivity contribution < 1.29 is 17.9 Å². The van der Waals surface area contributed by atoms with Gasteiger partial charge in [0.15, 0.2) is 0 Å². The summed E-state index contributed by atoms with van der Waals surface area (Å²) in [5.41, 5.74) is 1.50. The van der Waals surface area contributed by atoms with Crippen LogP contribution in [0.25, 0.3) is 0 Å². The van der Waals surface area contributed by atoms with E-state index in [2.05, 4.69) is 10.8 Å². The highest BCUT2D eigenvalue weighted by atomic mass is 32.2. The van der Waals surface area contributed by atoms with Crippen LogP contribution < -0.4 is 9.46 Å². The Bertz CT molecular complexity index is 905. The number of benzene rings is 1. The van der Waals surface area contributed by atoms with E-state index in [1.54, 1.807) is 22.3 Å². The predicted molar refractivity (Wildman–Crippen MR) is 96.7 cm³/mol. The second-order valence-corrected chi connectivity index (χ2v) is 8.65. The number of fused-ring (bicyclic) bond motifs is 1. The number of rotatable bonds is 4. The van der Waals surface area contributed by atoms with Gasteiger partial charge in [-0.25, -0.2) is 13.1 Å². The number of hydrogen-bond donors (Lipinski definition) is 1. The molecule has 1 N–H and O–H groups in total. The minimum atomic E-state index is -3.72. The molecule has 1 aliphatic rings. The summed E-state index contributed by atoms with van der Waals surface area (Å²) in [6.45, 7) is 2.62. The molecule has 1 atom stereocenters. The van der Waals surface area contributed by atoms with Crippen LogP contribution in [-0.4, -0.2) is 39.9 Å². The largest absolute Gasteiger partial charge is 0.495 e. The van der Waals surface area contributed by atoms with Crippen LogP contribution in [0, 0.1) is 0 Å². The SMILES string of the molecule is CNS(=O)(=O)c1cc(C(=O)N2CCc3sccc3C2C)ccc1OC. The minimum absolute atomic E-state index is 0.0334.